The molecule has 17 heavy (non-hydrogen) atoms. The summed E-state index contributed by atoms with van der Waals surface area (Å²) in [6.45, 7) is 5.84. The largest absolute Gasteiger partial charge is 0.372 e. The number of hydrogen-bond acceptors (Lipinski definition) is 3. The van der Waals surface area contributed by atoms with Crippen molar-refractivity contribution in [1.29, 1.82) is 0 Å². The molecule has 2 saturated heterocycles. The van der Waals surface area contributed by atoms with Crippen LogP contribution in [0.4, 0.5) is 0 Å². The summed E-state index contributed by atoms with van der Waals surface area (Å²) in [6.07, 6.45) is 9.25. The van der Waals surface area contributed by atoms with Gasteiger partial charge in [0.05, 0.1) is 12.2 Å². The van der Waals surface area contributed by atoms with E-state index >= 15 is 0 Å². The standard InChI is InChI=1S/C14H26N2O/c1-11(8-15-12-4-2-3-5-12)16-9-13-6-7-14(10-16)17-13/h11-15H,2-10H2,1H3. The summed E-state index contributed by atoms with van der Waals surface area (Å²) in [5, 5.41) is 3.75. The number of ether oxygens (including phenoxy) is 1. The zero-order valence-electron chi connectivity index (χ0n) is 11.0. The first-order valence-corrected chi connectivity index (χ1v) is 7.44. The smallest absolute Gasteiger partial charge is 0.0707 e. The average Bonchev–Trinajstić information content (AvgIpc) is 2.96. The Morgan fingerprint density at radius 1 is 1.12 bits per heavy atom. The molecule has 3 heteroatoms. The molecule has 0 aromatic heterocycles. The Bertz CT molecular complexity index is 241. The van der Waals surface area contributed by atoms with Crippen molar-refractivity contribution >= 4 is 0 Å². The van der Waals surface area contributed by atoms with Gasteiger partial charge in [-0.05, 0) is 32.6 Å². The summed E-state index contributed by atoms with van der Waals surface area (Å²) in [6, 6.07) is 1.47. The fourth-order valence-electron chi connectivity index (χ4n) is 3.60. The van der Waals surface area contributed by atoms with E-state index in [-0.39, 0.29) is 0 Å². The SMILES string of the molecule is CC(CNC1CCCC1)N1CC2CCC(C1)O2. The van der Waals surface area contributed by atoms with Crippen LogP contribution in [0.15, 0.2) is 0 Å². The fourth-order valence-corrected chi connectivity index (χ4v) is 3.60. The first-order valence-electron chi connectivity index (χ1n) is 7.44. The van der Waals surface area contributed by atoms with Crippen molar-refractivity contribution in [3.63, 3.8) is 0 Å². The quantitative estimate of drug-likeness (QED) is 0.808. The minimum atomic E-state index is 0.530. The molecule has 2 aliphatic heterocycles. The zero-order valence-corrected chi connectivity index (χ0v) is 11.0. The Morgan fingerprint density at radius 3 is 2.41 bits per heavy atom. The van der Waals surface area contributed by atoms with Crippen molar-refractivity contribution in [3.8, 4) is 0 Å². The van der Waals surface area contributed by atoms with Gasteiger partial charge in [-0.1, -0.05) is 12.8 Å². The molecule has 3 unspecified atom stereocenters. The van der Waals surface area contributed by atoms with Gasteiger partial charge in [-0.25, -0.2) is 0 Å². The Hall–Kier alpha value is -0.120. The molecule has 0 radical (unpaired) electrons. The maximum Gasteiger partial charge on any atom is 0.0707 e. The average molecular weight is 238 g/mol. The number of nitrogens with zero attached hydrogens (tertiary/aromatic N) is 1. The van der Waals surface area contributed by atoms with E-state index in [9.17, 15) is 0 Å². The topological polar surface area (TPSA) is 24.5 Å². The maximum atomic E-state index is 5.89. The Kier molecular flexibility index (Phi) is 3.69. The molecule has 2 heterocycles. The molecule has 0 aromatic carbocycles. The van der Waals surface area contributed by atoms with E-state index in [1.165, 1.54) is 38.5 Å². The van der Waals surface area contributed by atoms with Crippen LogP contribution in [0.5, 0.6) is 0 Å². The molecule has 3 nitrogen and oxygen atoms in total. The molecule has 1 saturated carbocycles. The second-order valence-corrected chi connectivity index (χ2v) is 6.15. The lowest BCUT2D eigenvalue weighted by Crippen LogP contribution is -2.50. The van der Waals surface area contributed by atoms with Gasteiger partial charge in [-0.2, -0.15) is 0 Å². The number of rotatable bonds is 4. The van der Waals surface area contributed by atoms with E-state index in [2.05, 4.69) is 17.1 Å². The van der Waals surface area contributed by atoms with Crippen molar-refractivity contribution in [2.45, 2.75) is 69.7 Å². The summed E-state index contributed by atoms with van der Waals surface area (Å²) >= 11 is 0. The van der Waals surface area contributed by atoms with Crippen molar-refractivity contribution in [2.24, 2.45) is 0 Å². The molecular formula is C14H26N2O. The van der Waals surface area contributed by atoms with E-state index in [0.717, 1.165) is 25.7 Å². The molecule has 3 rings (SSSR count). The molecule has 3 aliphatic rings. The lowest BCUT2D eigenvalue weighted by atomic mass is 10.2. The highest BCUT2D eigenvalue weighted by Crippen LogP contribution is 2.27. The van der Waals surface area contributed by atoms with Gasteiger partial charge in [-0.15, -0.1) is 0 Å². The summed E-state index contributed by atoms with van der Waals surface area (Å²) in [7, 11) is 0. The Balaban J connectivity index is 1.44. The molecule has 1 aliphatic carbocycles. The summed E-state index contributed by atoms with van der Waals surface area (Å²) in [4.78, 5) is 2.63. The van der Waals surface area contributed by atoms with E-state index in [1.807, 2.05) is 0 Å². The van der Waals surface area contributed by atoms with Crippen LogP contribution in [-0.4, -0.2) is 48.8 Å². The predicted octanol–water partition coefficient (Wildman–Crippen LogP) is 1.77. The molecule has 3 fully saturated rings. The normalized spacial score (nSPS) is 36.5. The summed E-state index contributed by atoms with van der Waals surface area (Å²) in [5.74, 6) is 0. The minimum Gasteiger partial charge on any atom is -0.372 e. The number of nitrogens with one attached hydrogen (secondary N) is 1. The third kappa shape index (κ3) is 2.83. The molecule has 98 valence electrons. The van der Waals surface area contributed by atoms with E-state index < -0.39 is 0 Å². The van der Waals surface area contributed by atoms with Crippen LogP contribution in [-0.2, 0) is 4.74 Å². The molecule has 3 atom stereocenters. The Morgan fingerprint density at radius 2 is 1.76 bits per heavy atom. The van der Waals surface area contributed by atoms with E-state index in [1.54, 1.807) is 0 Å². The molecule has 2 bridgehead atoms. The van der Waals surface area contributed by atoms with Crippen LogP contribution in [0.25, 0.3) is 0 Å². The Labute approximate surface area is 105 Å². The number of hydrogen-bond donors (Lipinski definition) is 1. The van der Waals surface area contributed by atoms with Crippen molar-refractivity contribution in [1.82, 2.24) is 10.2 Å². The molecule has 0 amide bonds. The number of morpholine rings is 1. The number of fused-ring (bicyclic) bond motifs is 2. The number of likely N-dealkylation sites (tertiary alicyclic amines) is 1. The van der Waals surface area contributed by atoms with Gasteiger partial charge in [0.2, 0.25) is 0 Å². The van der Waals surface area contributed by atoms with Gasteiger partial charge in [0.15, 0.2) is 0 Å². The summed E-state index contributed by atoms with van der Waals surface area (Å²) in [5.41, 5.74) is 0. The first kappa shape index (κ1) is 11.9. The van der Waals surface area contributed by atoms with Gasteiger partial charge in [0.25, 0.3) is 0 Å². The maximum absolute atomic E-state index is 5.89. The van der Waals surface area contributed by atoms with Crippen LogP contribution in [0.1, 0.15) is 45.4 Å². The molecular weight excluding hydrogens is 212 g/mol. The highest BCUT2D eigenvalue weighted by molar-refractivity contribution is 4.88. The third-order valence-corrected chi connectivity index (χ3v) is 4.75. The lowest BCUT2D eigenvalue weighted by Gasteiger charge is -2.36. The second kappa shape index (κ2) is 5.25. The highest BCUT2D eigenvalue weighted by atomic mass is 16.5. The highest BCUT2D eigenvalue weighted by Gasteiger charge is 2.35. The fraction of sp³-hybridized carbons (Fsp3) is 1.00. The van der Waals surface area contributed by atoms with Crippen LogP contribution in [0, 0.1) is 0 Å². The molecule has 0 aromatic rings. The van der Waals surface area contributed by atoms with Crippen LogP contribution in [0.3, 0.4) is 0 Å². The third-order valence-electron chi connectivity index (χ3n) is 4.75. The minimum absolute atomic E-state index is 0.530. The summed E-state index contributed by atoms with van der Waals surface area (Å²) < 4.78 is 5.89. The molecule has 1 N–H and O–H groups in total. The van der Waals surface area contributed by atoms with Crippen molar-refractivity contribution in [2.75, 3.05) is 19.6 Å². The van der Waals surface area contributed by atoms with Crippen LogP contribution in [0.2, 0.25) is 0 Å². The van der Waals surface area contributed by atoms with Crippen molar-refractivity contribution in [3.05, 3.63) is 0 Å². The van der Waals surface area contributed by atoms with Gasteiger partial charge < -0.3 is 10.1 Å². The second-order valence-electron chi connectivity index (χ2n) is 6.15. The molecule has 0 spiro atoms. The van der Waals surface area contributed by atoms with Gasteiger partial charge in [0, 0.05) is 31.7 Å². The van der Waals surface area contributed by atoms with Gasteiger partial charge >= 0.3 is 0 Å². The first-order chi connectivity index (χ1) is 8.31. The monoisotopic (exact) mass is 238 g/mol. The van der Waals surface area contributed by atoms with Crippen molar-refractivity contribution < 1.29 is 4.74 Å². The predicted molar refractivity (Wildman–Crippen MR) is 69.2 cm³/mol. The van der Waals surface area contributed by atoms with E-state index in [4.69, 9.17) is 4.74 Å². The van der Waals surface area contributed by atoms with E-state index in [0.29, 0.717) is 18.2 Å². The lowest BCUT2D eigenvalue weighted by molar-refractivity contribution is -0.0502. The van der Waals surface area contributed by atoms with Gasteiger partial charge in [0.1, 0.15) is 0 Å². The van der Waals surface area contributed by atoms with Crippen LogP contribution < -0.4 is 5.32 Å². The zero-order chi connectivity index (χ0) is 11.7. The van der Waals surface area contributed by atoms with Crippen LogP contribution >= 0.6 is 0 Å². The van der Waals surface area contributed by atoms with Gasteiger partial charge in [-0.3, -0.25) is 4.90 Å².